The Balaban J connectivity index is 1.81. The van der Waals surface area contributed by atoms with Crippen molar-refractivity contribution in [2.75, 3.05) is 16.4 Å². The van der Waals surface area contributed by atoms with Crippen molar-refractivity contribution in [3.63, 3.8) is 0 Å². The molecular weight excluding hydrogens is 401 g/mol. The molecule has 28 heavy (non-hydrogen) atoms. The number of carbonyl (C=O) groups excluding carboxylic acids is 2. The van der Waals surface area contributed by atoms with Gasteiger partial charge in [-0.3, -0.25) is 9.59 Å². The van der Waals surface area contributed by atoms with E-state index in [0.29, 0.717) is 22.0 Å². The first-order chi connectivity index (χ1) is 13.3. The predicted octanol–water partition coefficient (Wildman–Crippen LogP) is 4.18. The molecule has 3 rings (SSSR count). The summed E-state index contributed by atoms with van der Waals surface area (Å²) in [5.41, 5.74) is 7.72. The summed E-state index contributed by atoms with van der Waals surface area (Å²) in [5, 5.41) is 6.00. The Morgan fingerprint density at radius 2 is 1.68 bits per heavy atom. The molecule has 1 heterocycles. The molecule has 0 aliphatic rings. The Hall–Kier alpha value is -3.16. The van der Waals surface area contributed by atoms with Crippen LogP contribution >= 0.6 is 23.2 Å². The molecule has 3 aromatic rings. The summed E-state index contributed by atoms with van der Waals surface area (Å²) in [4.78, 5) is 32.6. The van der Waals surface area contributed by atoms with Gasteiger partial charge in [0.1, 0.15) is 17.2 Å². The van der Waals surface area contributed by atoms with Crippen molar-refractivity contribution in [2.24, 2.45) is 0 Å². The minimum atomic E-state index is -0.558. The molecule has 0 aliphatic carbocycles. The van der Waals surface area contributed by atoms with Gasteiger partial charge in [-0.05, 0) is 48.9 Å². The van der Waals surface area contributed by atoms with Crippen LogP contribution in [0.25, 0.3) is 0 Å². The van der Waals surface area contributed by atoms with Crippen molar-refractivity contribution >= 4 is 52.2 Å². The zero-order chi connectivity index (χ0) is 20.3. The van der Waals surface area contributed by atoms with E-state index in [-0.39, 0.29) is 22.4 Å². The molecule has 0 unspecified atom stereocenters. The van der Waals surface area contributed by atoms with Gasteiger partial charge >= 0.3 is 0 Å². The number of hydrogen-bond donors (Lipinski definition) is 3. The summed E-state index contributed by atoms with van der Waals surface area (Å²) >= 11 is 11.8. The van der Waals surface area contributed by atoms with E-state index in [1.807, 2.05) is 0 Å². The standard InChI is InChI=1S/C19H15Cl2N5O2/c1-10-2-3-11(18(27)25-13-6-4-12(20)5-7-13)8-14(10)26-19(28)16-15(21)17(22)24-9-23-16/h2-9H,1H3,(H,25,27)(H,26,28)(H2,22,23,24). The SMILES string of the molecule is Cc1ccc(C(=O)Nc2ccc(Cl)cc2)cc1NC(=O)c1ncnc(N)c1Cl. The summed E-state index contributed by atoms with van der Waals surface area (Å²) in [6.45, 7) is 1.80. The number of anilines is 3. The zero-order valence-corrected chi connectivity index (χ0v) is 16.2. The summed E-state index contributed by atoms with van der Waals surface area (Å²) < 4.78 is 0. The average molecular weight is 416 g/mol. The molecule has 4 N–H and O–H groups in total. The number of aryl methyl sites for hydroxylation is 1. The molecule has 2 amide bonds. The van der Waals surface area contributed by atoms with E-state index in [0.717, 1.165) is 11.9 Å². The Labute approximate surface area is 170 Å². The van der Waals surface area contributed by atoms with Gasteiger partial charge in [0.15, 0.2) is 5.69 Å². The molecule has 0 atom stereocenters. The topological polar surface area (TPSA) is 110 Å². The van der Waals surface area contributed by atoms with Gasteiger partial charge in [-0.1, -0.05) is 29.3 Å². The largest absolute Gasteiger partial charge is 0.382 e. The number of amides is 2. The molecule has 9 heteroatoms. The van der Waals surface area contributed by atoms with Crippen LogP contribution in [-0.2, 0) is 0 Å². The van der Waals surface area contributed by atoms with Crippen LogP contribution in [0.5, 0.6) is 0 Å². The number of nitrogen functional groups attached to an aromatic ring is 1. The molecule has 0 radical (unpaired) electrons. The van der Waals surface area contributed by atoms with Gasteiger partial charge in [0.25, 0.3) is 11.8 Å². The van der Waals surface area contributed by atoms with Crippen molar-refractivity contribution in [2.45, 2.75) is 6.92 Å². The van der Waals surface area contributed by atoms with Gasteiger partial charge in [-0.15, -0.1) is 0 Å². The molecule has 0 fully saturated rings. The van der Waals surface area contributed by atoms with Crippen molar-refractivity contribution in [1.82, 2.24) is 9.97 Å². The lowest BCUT2D eigenvalue weighted by atomic mass is 10.1. The summed E-state index contributed by atoms with van der Waals surface area (Å²) in [6, 6.07) is 11.7. The molecule has 0 saturated heterocycles. The number of aromatic nitrogens is 2. The minimum Gasteiger partial charge on any atom is -0.382 e. The maximum atomic E-state index is 12.5. The van der Waals surface area contributed by atoms with Crippen molar-refractivity contribution < 1.29 is 9.59 Å². The second-order valence-electron chi connectivity index (χ2n) is 5.87. The third-order valence-corrected chi connectivity index (χ3v) is 4.51. The Kier molecular flexibility index (Phi) is 5.77. The van der Waals surface area contributed by atoms with E-state index >= 15 is 0 Å². The molecule has 0 aliphatic heterocycles. The van der Waals surface area contributed by atoms with Gasteiger partial charge in [0.2, 0.25) is 0 Å². The molecule has 0 saturated carbocycles. The fourth-order valence-electron chi connectivity index (χ4n) is 2.36. The van der Waals surface area contributed by atoms with Crippen LogP contribution < -0.4 is 16.4 Å². The Bertz CT molecular complexity index is 1050. The highest BCUT2D eigenvalue weighted by molar-refractivity contribution is 6.36. The Morgan fingerprint density at radius 3 is 2.39 bits per heavy atom. The van der Waals surface area contributed by atoms with E-state index in [1.165, 1.54) is 0 Å². The maximum absolute atomic E-state index is 12.5. The number of hydrogen-bond acceptors (Lipinski definition) is 5. The van der Waals surface area contributed by atoms with Crippen LogP contribution in [0.4, 0.5) is 17.2 Å². The molecule has 2 aromatic carbocycles. The van der Waals surface area contributed by atoms with Gasteiger partial charge in [0.05, 0.1) is 0 Å². The molecule has 1 aromatic heterocycles. The Morgan fingerprint density at radius 1 is 0.964 bits per heavy atom. The van der Waals surface area contributed by atoms with Crippen LogP contribution in [0.3, 0.4) is 0 Å². The number of rotatable bonds is 4. The zero-order valence-electron chi connectivity index (χ0n) is 14.7. The number of nitrogens with two attached hydrogens (primary N) is 1. The highest BCUT2D eigenvalue weighted by Crippen LogP contribution is 2.23. The lowest BCUT2D eigenvalue weighted by Crippen LogP contribution is -2.17. The predicted molar refractivity (Wildman–Crippen MR) is 110 cm³/mol. The highest BCUT2D eigenvalue weighted by atomic mass is 35.5. The maximum Gasteiger partial charge on any atom is 0.276 e. The summed E-state index contributed by atoms with van der Waals surface area (Å²) in [7, 11) is 0. The minimum absolute atomic E-state index is 0.00892. The molecule has 0 bridgehead atoms. The van der Waals surface area contributed by atoms with Gasteiger partial charge in [0, 0.05) is 22.0 Å². The van der Waals surface area contributed by atoms with Crippen LogP contribution in [-0.4, -0.2) is 21.8 Å². The van der Waals surface area contributed by atoms with E-state index in [2.05, 4.69) is 20.6 Å². The normalized spacial score (nSPS) is 10.4. The third-order valence-electron chi connectivity index (χ3n) is 3.88. The van der Waals surface area contributed by atoms with E-state index in [1.54, 1.807) is 49.4 Å². The fraction of sp³-hybridized carbons (Fsp3) is 0.0526. The van der Waals surface area contributed by atoms with Crippen molar-refractivity contribution in [1.29, 1.82) is 0 Å². The second-order valence-corrected chi connectivity index (χ2v) is 6.68. The fourth-order valence-corrected chi connectivity index (χ4v) is 2.67. The van der Waals surface area contributed by atoms with Crippen molar-refractivity contribution in [3.8, 4) is 0 Å². The van der Waals surface area contributed by atoms with Gasteiger partial charge in [-0.2, -0.15) is 0 Å². The lowest BCUT2D eigenvalue weighted by molar-refractivity contribution is 0.101. The number of nitrogens with one attached hydrogen (secondary N) is 2. The van der Waals surface area contributed by atoms with Gasteiger partial charge in [-0.25, -0.2) is 9.97 Å². The second kappa shape index (κ2) is 8.24. The first-order valence-electron chi connectivity index (χ1n) is 8.10. The first kappa shape index (κ1) is 19.6. The van der Waals surface area contributed by atoms with Crippen molar-refractivity contribution in [3.05, 3.63) is 75.7 Å². The van der Waals surface area contributed by atoms with Crippen LogP contribution in [0.2, 0.25) is 10.0 Å². The summed E-state index contributed by atoms with van der Waals surface area (Å²) in [5.74, 6) is -0.880. The van der Waals surface area contributed by atoms with Gasteiger partial charge < -0.3 is 16.4 Å². The number of carbonyl (C=O) groups is 2. The van der Waals surface area contributed by atoms with Crippen LogP contribution in [0.1, 0.15) is 26.4 Å². The smallest absolute Gasteiger partial charge is 0.276 e. The van der Waals surface area contributed by atoms with E-state index in [4.69, 9.17) is 28.9 Å². The molecular formula is C19H15Cl2N5O2. The molecule has 0 spiro atoms. The molecule has 142 valence electrons. The number of halogens is 2. The first-order valence-corrected chi connectivity index (χ1v) is 8.85. The van der Waals surface area contributed by atoms with E-state index < -0.39 is 5.91 Å². The highest BCUT2D eigenvalue weighted by Gasteiger charge is 2.17. The summed E-state index contributed by atoms with van der Waals surface area (Å²) in [6.07, 6.45) is 1.15. The monoisotopic (exact) mass is 415 g/mol. The van der Waals surface area contributed by atoms with Crippen LogP contribution in [0, 0.1) is 6.92 Å². The number of nitrogens with zero attached hydrogens (tertiary/aromatic N) is 2. The lowest BCUT2D eigenvalue weighted by Gasteiger charge is -2.12. The number of benzene rings is 2. The van der Waals surface area contributed by atoms with E-state index in [9.17, 15) is 9.59 Å². The van der Waals surface area contributed by atoms with Crippen LogP contribution in [0.15, 0.2) is 48.8 Å². The molecule has 7 nitrogen and oxygen atoms in total. The average Bonchev–Trinajstić information content (AvgIpc) is 2.67. The quantitative estimate of drug-likeness (QED) is 0.591. The third kappa shape index (κ3) is 4.39.